The number of likely N-dealkylation sites (tertiary alicyclic amines) is 1. The second-order valence-corrected chi connectivity index (χ2v) is 8.13. The predicted octanol–water partition coefficient (Wildman–Crippen LogP) is 3.34. The van der Waals surface area contributed by atoms with Crippen molar-refractivity contribution >= 4 is 17.5 Å². The van der Waals surface area contributed by atoms with Crippen LogP contribution in [-0.4, -0.2) is 37.8 Å². The van der Waals surface area contributed by atoms with Gasteiger partial charge in [0.15, 0.2) is 5.82 Å². The zero-order valence-electron chi connectivity index (χ0n) is 18.6. The number of carbonyl (C=O) groups excluding carboxylic acids is 2. The number of anilines is 1. The Balaban J connectivity index is 1.47. The van der Waals surface area contributed by atoms with Crippen molar-refractivity contribution in [2.24, 2.45) is 0 Å². The van der Waals surface area contributed by atoms with E-state index in [1.165, 1.54) is 16.8 Å². The highest BCUT2D eigenvalue weighted by molar-refractivity contribution is 6.04. The number of piperidine rings is 1. The van der Waals surface area contributed by atoms with E-state index in [0.29, 0.717) is 35.9 Å². The van der Waals surface area contributed by atoms with E-state index >= 15 is 0 Å². The average molecular weight is 446 g/mol. The fraction of sp³-hybridized carbons (Fsp3) is 0.320. The third-order valence-electron chi connectivity index (χ3n) is 5.86. The number of hydrogen-bond donors (Lipinski definition) is 1. The minimum atomic E-state index is -0.268. The topological polar surface area (TPSA) is 97.2 Å². The predicted molar refractivity (Wildman–Crippen MR) is 125 cm³/mol. The first-order valence-electron chi connectivity index (χ1n) is 11.2. The lowest BCUT2D eigenvalue weighted by Crippen LogP contribution is -2.40. The quantitative estimate of drug-likeness (QED) is 0.628. The largest absolute Gasteiger partial charge is 0.332 e. The zero-order chi connectivity index (χ0) is 23.2. The van der Waals surface area contributed by atoms with Crippen LogP contribution in [0.2, 0.25) is 0 Å². The molecule has 3 heterocycles. The molecule has 0 saturated carbocycles. The lowest BCUT2D eigenvalue weighted by molar-refractivity contribution is -0.135. The van der Waals surface area contributed by atoms with E-state index in [2.05, 4.69) is 15.3 Å². The number of hydrogen-bond acceptors (Lipinski definition) is 5. The Bertz CT molecular complexity index is 1190. The molecule has 0 unspecified atom stereocenters. The zero-order valence-corrected chi connectivity index (χ0v) is 18.6. The summed E-state index contributed by atoms with van der Waals surface area (Å²) in [5, 5.41) is 2.85. The van der Waals surface area contributed by atoms with Crippen LogP contribution in [0.4, 0.5) is 5.69 Å². The Morgan fingerprint density at radius 2 is 1.88 bits per heavy atom. The molecule has 170 valence electrons. The maximum Gasteiger partial charge on any atom is 0.259 e. The summed E-state index contributed by atoms with van der Waals surface area (Å²) in [5.74, 6) is 0.256. The van der Waals surface area contributed by atoms with Crippen molar-refractivity contribution in [3.05, 3.63) is 88.4 Å². The lowest BCUT2D eigenvalue weighted by atomic mass is 10.0. The number of aryl methyl sites for hydroxylation is 2. The lowest BCUT2D eigenvalue weighted by Gasteiger charge is -2.35. The summed E-state index contributed by atoms with van der Waals surface area (Å²) >= 11 is 0. The maximum absolute atomic E-state index is 13.0. The number of nitrogens with zero attached hydrogens (tertiary/aromatic N) is 4. The van der Waals surface area contributed by atoms with Gasteiger partial charge in [0, 0.05) is 43.7 Å². The summed E-state index contributed by atoms with van der Waals surface area (Å²) in [5.41, 5.74) is 1.55. The Hall–Kier alpha value is -3.81. The Labute approximate surface area is 192 Å². The van der Waals surface area contributed by atoms with Gasteiger partial charge in [0.25, 0.3) is 11.5 Å². The van der Waals surface area contributed by atoms with Crippen molar-refractivity contribution in [1.29, 1.82) is 0 Å². The van der Waals surface area contributed by atoms with Crippen molar-refractivity contribution in [3.63, 3.8) is 0 Å². The number of benzene rings is 1. The molecule has 1 aliphatic heterocycles. The Morgan fingerprint density at radius 3 is 2.64 bits per heavy atom. The van der Waals surface area contributed by atoms with Gasteiger partial charge in [-0.3, -0.25) is 14.4 Å². The van der Waals surface area contributed by atoms with Gasteiger partial charge in [-0.25, -0.2) is 9.97 Å². The SMILES string of the molecule is Cc1nc([C@H]2CCCCN2C(=O)CCn2ccccc2=O)ncc1C(=O)Nc1ccccc1. The molecule has 1 atom stereocenters. The van der Waals surface area contributed by atoms with Crippen LogP contribution < -0.4 is 10.9 Å². The van der Waals surface area contributed by atoms with Crippen molar-refractivity contribution in [1.82, 2.24) is 19.4 Å². The van der Waals surface area contributed by atoms with Gasteiger partial charge in [-0.1, -0.05) is 24.3 Å². The summed E-state index contributed by atoms with van der Waals surface area (Å²) < 4.78 is 1.54. The molecule has 0 radical (unpaired) electrons. The summed E-state index contributed by atoms with van der Waals surface area (Å²) in [6.45, 7) is 2.74. The molecular formula is C25H27N5O3. The highest BCUT2D eigenvalue weighted by atomic mass is 16.2. The maximum atomic E-state index is 13.0. The number of carbonyl (C=O) groups is 2. The molecule has 4 rings (SSSR count). The molecule has 3 aromatic rings. The summed E-state index contributed by atoms with van der Waals surface area (Å²) in [7, 11) is 0. The van der Waals surface area contributed by atoms with E-state index in [1.54, 1.807) is 25.3 Å². The normalized spacial score (nSPS) is 15.8. The molecule has 0 spiro atoms. The standard InChI is InChI=1S/C25H27N5O3/c1-18-20(25(33)28-19-9-3-2-4-10-19)17-26-24(27-18)21-11-5-8-15-30(21)23(32)13-16-29-14-7-6-12-22(29)31/h2-4,6-7,9-10,12,14,17,21H,5,8,11,13,15-16H2,1H3,(H,28,33)/t21-/m1/s1. The van der Waals surface area contributed by atoms with E-state index < -0.39 is 0 Å². The van der Waals surface area contributed by atoms with Gasteiger partial charge in [-0.05, 0) is 44.4 Å². The Morgan fingerprint density at radius 1 is 1.09 bits per heavy atom. The van der Waals surface area contributed by atoms with Crippen LogP contribution in [0.5, 0.6) is 0 Å². The first-order valence-corrected chi connectivity index (χ1v) is 11.2. The van der Waals surface area contributed by atoms with E-state index in [4.69, 9.17) is 0 Å². The molecule has 1 aliphatic rings. The molecule has 0 aliphatic carbocycles. The van der Waals surface area contributed by atoms with Crippen LogP contribution in [0.3, 0.4) is 0 Å². The van der Waals surface area contributed by atoms with Gasteiger partial charge in [0.05, 0.1) is 17.3 Å². The fourth-order valence-electron chi connectivity index (χ4n) is 4.09. The number of pyridine rings is 1. The minimum absolute atomic E-state index is 0.0254. The van der Waals surface area contributed by atoms with Crippen molar-refractivity contribution in [2.75, 3.05) is 11.9 Å². The molecule has 33 heavy (non-hydrogen) atoms. The van der Waals surface area contributed by atoms with Crippen LogP contribution in [0.25, 0.3) is 0 Å². The number of aromatic nitrogens is 3. The van der Waals surface area contributed by atoms with E-state index in [9.17, 15) is 14.4 Å². The highest BCUT2D eigenvalue weighted by Gasteiger charge is 2.30. The van der Waals surface area contributed by atoms with Gasteiger partial charge >= 0.3 is 0 Å². The molecule has 1 saturated heterocycles. The van der Waals surface area contributed by atoms with Crippen LogP contribution >= 0.6 is 0 Å². The summed E-state index contributed by atoms with van der Waals surface area (Å²) in [6, 6.07) is 13.9. The molecule has 8 nitrogen and oxygen atoms in total. The second-order valence-electron chi connectivity index (χ2n) is 8.13. The first kappa shape index (κ1) is 22.4. The third kappa shape index (κ3) is 5.34. The van der Waals surface area contributed by atoms with Crippen LogP contribution in [0.1, 0.15) is 53.6 Å². The van der Waals surface area contributed by atoms with Crippen molar-refractivity contribution in [2.45, 2.75) is 45.2 Å². The van der Waals surface area contributed by atoms with Gasteiger partial charge in [-0.2, -0.15) is 0 Å². The average Bonchev–Trinajstić information content (AvgIpc) is 2.84. The summed E-state index contributed by atoms with van der Waals surface area (Å²) in [4.78, 5) is 48.5. The summed E-state index contributed by atoms with van der Waals surface area (Å²) in [6.07, 6.45) is 6.13. The fourth-order valence-corrected chi connectivity index (χ4v) is 4.09. The van der Waals surface area contributed by atoms with Gasteiger partial charge in [0.1, 0.15) is 0 Å². The van der Waals surface area contributed by atoms with Gasteiger partial charge in [0.2, 0.25) is 5.91 Å². The van der Waals surface area contributed by atoms with E-state index in [1.807, 2.05) is 35.2 Å². The van der Waals surface area contributed by atoms with Gasteiger partial charge in [-0.15, -0.1) is 0 Å². The van der Waals surface area contributed by atoms with Crippen molar-refractivity contribution < 1.29 is 9.59 Å². The third-order valence-corrected chi connectivity index (χ3v) is 5.86. The molecule has 2 amide bonds. The molecule has 1 fully saturated rings. The number of para-hydroxylation sites is 1. The van der Waals surface area contributed by atoms with Crippen LogP contribution in [0.15, 0.2) is 65.7 Å². The number of rotatable bonds is 6. The second kappa shape index (κ2) is 10.2. The van der Waals surface area contributed by atoms with Crippen LogP contribution in [0, 0.1) is 6.92 Å². The molecule has 2 aromatic heterocycles. The first-order chi connectivity index (χ1) is 16.0. The number of amides is 2. The minimum Gasteiger partial charge on any atom is -0.332 e. The highest BCUT2D eigenvalue weighted by Crippen LogP contribution is 2.30. The molecular weight excluding hydrogens is 418 g/mol. The molecule has 0 bridgehead atoms. The van der Waals surface area contributed by atoms with Crippen molar-refractivity contribution in [3.8, 4) is 0 Å². The van der Waals surface area contributed by atoms with Crippen LogP contribution in [-0.2, 0) is 11.3 Å². The monoisotopic (exact) mass is 445 g/mol. The van der Waals surface area contributed by atoms with E-state index in [0.717, 1.165) is 19.3 Å². The number of nitrogens with one attached hydrogen (secondary N) is 1. The Kier molecular flexibility index (Phi) is 6.92. The van der Waals surface area contributed by atoms with E-state index in [-0.39, 0.29) is 29.8 Å². The molecule has 1 aromatic carbocycles. The smallest absolute Gasteiger partial charge is 0.259 e. The van der Waals surface area contributed by atoms with Gasteiger partial charge < -0.3 is 14.8 Å². The molecule has 8 heteroatoms. The molecule has 1 N–H and O–H groups in total.